The number of methoxy groups -OCH3 is 4. The second-order valence-electron chi connectivity index (χ2n) is 10.5. The molecule has 3 heterocycles. The number of nitrogens with one attached hydrogen (secondary N) is 1. The molecule has 0 aliphatic carbocycles. The van der Waals surface area contributed by atoms with Gasteiger partial charge in [-0.1, -0.05) is 36.4 Å². The molecule has 9 nitrogen and oxygen atoms in total. The predicted molar refractivity (Wildman–Crippen MR) is 154 cm³/mol. The molecule has 9 heteroatoms. The molecule has 0 spiro atoms. The minimum atomic E-state index is -1.22. The van der Waals surface area contributed by atoms with Crippen LogP contribution in [0.2, 0.25) is 0 Å². The highest BCUT2D eigenvalue weighted by Crippen LogP contribution is 2.49. The summed E-state index contributed by atoms with van der Waals surface area (Å²) in [7, 11) is 6.29. The van der Waals surface area contributed by atoms with Gasteiger partial charge in [0.1, 0.15) is 12.3 Å². The van der Waals surface area contributed by atoms with Crippen LogP contribution in [0.1, 0.15) is 35.2 Å². The molecule has 0 radical (unpaired) electrons. The zero-order chi connectivity index (χ0) is 28.9. The van der Waals surface area contributed by atoms with E-state index in [-0.39, 0.29) is 30.8 Å². The van der Waals surface area contributed by atoms with Gasteiger partial charge in [0.2, 0.25) is 11.7 Å². The van der Waals surface area contributed by atoms with E-state index in [4.69, 9.17) is 18.9 Å². The van der Waals surface area contributed by atoms with Crippen molar-refractivity contribution < 1.29 is 28.5 Å². The number of rotatable bonds is 7. The van der Waals surface area contributed by atoms with Crippen molar-refractivity contribution >= 4 is 22.7 Å². The van der Waals surface area contributed by atoms with E-state index in [0.29, 0.717) is 23.8 Å². The molecule has 41 heavy (non-hydrogen) atoms. The molecule has 3 aromatic carbocycles. The highest BCUT2D eigenvalue weighted by atomic mass is 16.5. The molecule has 0 saturated carbocycles. The quantitative estimate of drug-likeness (QED) is 0.363. The van der Waals surface area contributed by atoms with E-state index in [1.54, 1.807) is 50.4 Å². The Morgan fingerprint density at radius 3 is 2.22 bits per heavy atom. The normalized spacial score (nSPS) is 20.1. The monoisotopic (exact) mass is 555 g/mol. The molecule has 1 N–H and O–H groups in total. The maximum Gasteiger partial charge on any atom is 0.255 e. The fraction of sp³-hybridized carbons (Fsp3) is 0.312. The van der Waals surface area contributed by atoms with Crippen LogP contribution in [0.4, 0.5) is 0 Å². The van der Waals surface area contributed by atoms with Gasteiger partial charge in [0.25, 0.3) is 5.91 Å². The number of ether oxygens (including phenoxy) is 4. The lowest BCUT2D eigenvalue weighted by molar-refractivity contribution is -0.166. The number of hydrogen-bond acceptors (Lipinski definition) is 6. The Morgan fingerprint density at radius 2 is 1.54 bits per heavy atom. The van der Waals surface area contributed by atoms with Crippen LogP contribution in [-0.2, 0) is 21.7 Å². The summed E-state index contributed by atoms with van der Waals surface area (Å²) >= 11 is 0. The summed E-state index contributed by atoms with van der Waals surface area (Å²) in [6.45, 7) is 2.37. The fourth-order valence-corrected chi connectivity index (χ4v) is 6.49. The van der Waals surface area contributed by atoms with Gasteiger partial charge >= 0.3 is 0 Å². The highest BCUT2D eigenvalue weighted by molar-refractivity contribution is 6.01. The molecular formula is C32H33N3O6. The Balaban J connectivity index is 1.47. The van der Waals surface area contributed by atoms with Crippen LogP contribution in [0.3, 0.4) is 0 Å². The Morgan fingerprint density at radius 1 is 0.878 bits per heavy atom. The smallest absolute Gasteiger partial charge is 0.255 e. The van der Waals surface area contributed by atoms with Gasteiger partial charge < -0.3 is 33.7 Å². The molecule has 2 aliphatic rings. The van der Waals surface area contributed by atoms with E-state index >= 15 is 0 Å². The van der Waals surface area contributed by atoms with Crippen LogP contribution in [0, 0.1) is 0 Å². The van der Waals surface area contributed by atoms with Gasteiger partial charge in [-0.25, -0.2) is 0 Å². The third kappa shape index (κ3) is 3.98. The molecule has 0 bridgehead atoms. The summed E-state index contributed by atoms with van der Waals surface area (Å²) in [5.41, 5.74) is 3.18. The Bertz CT molecular complexity index is 1640. The minimum Gasteiger partial charge on any atom is -0.496 e. The first-order valence-electron chi connectivity index (χ1n) is 13.5. The van der Waals surface area contributed by atoms with E-state index in [2.05, 4.69) is 11.1 Å². The number of benzene rings is 3. The van der Waals surface area contributed by atoms with Gasteiger partial charge in [-0.2, -0.15) is 0 Å². The lowest BCUT2D eigenvalue weighted by Crippen LogP contribution is -2.67. The van der Waals surface area contributed by atoms with Crippen molar-refractivity contribution in [1.82, 2.24) is 14.8 Å². The fourth-order valence-electron chi connectivity index (χ4n) is 6.49. The van der Waals surface area contributed by atoms with Gasteiger partial charge in [0, 0.05) is 35.5 Å². The number of fused-ring (bicyclic) bond motifs is 5. The lowest BCUT2D eigenvalue weighted by atomic mass is 9.76. The zero-order valence-corrected chi connectivity index (χ0v) is 23.8. The summed E-state index contributed by atoms with van der Waals surface area (Å²) in [5.74, 6) is 1.73. The highest BCUT2D eigenvalue weighted by Gasteiger charge is 2.56. The summed E-state index contributed by atoms with van der Waals surface area (Å²) in [6.07, 6.45) is 0. The number of carbonyl (C=O) groups excluding carboxylic acids is 2. The van der Waals surface area contributed by atoms with Crippen molar-refractivity contribution in [1.29, 1.82) is 0 Å². The average Bonchev–Trinajstić information content (AvgIpc) is 3.40. The van der Waals surface area contributed by atoms with E-state index in [9.17, 15) is 9.59 Å². The molecule has 1 saturated heterocycles. The Hall–Kier alpha value is -4.66. The van der Waals surface area contributed by atoms with Gasteiger partial charge in [-0.05, 0) is 42.3 Å². The topological polar surface area (TPSA) is 93.3 Å². The van der Waals surface area contributed by atoms with E-state index in [0.717, 1.165) is 39.0 Å². The van der Waals surface area contributed by atoms with Crippen LogP contribution in [-0.4, -0.2) is 68.1 Å². The van der Waals surface area contributed by atoms with Crippen molar-refractivity contribution in [3.8, 4) is 23.0 Å². The number of para-hydroxylation sites is 2. The van der Waals surface area contributed by atoms with Gasteiger partial charge in [0.05, 0.1) is 34.1 Å². The van der Waals surface area contributed by atoms with Gasteiger partial charge in [-0.3, -0.25) is 9.59 Å². The van der Waals surface area contributed by atoms with Crippen LogP contribution in [0.25, 0.3) is 10.9 Å². The van der Waals surface area contributed by atoms with Crippen LogP contribution < -0.4 is 18.9 Å². The summed E-state index contributed by atoms with van der Waals surface area (Å²) in [5, 5.41) is 1.03. The molecule has 6 rings (SSSR count). The van der Waals surface area contributed by atoms with Crippen molar-refractivity contribution in [3.63, 3.8) is 0 Å². The number of carbonyl (C=O) groups is 2. The van der Waals surface area contributed by atoms with E-state index in [1.807, 2.05) is 49.4 Å². The molecule has 212 valence electrons. The van der Waals surface area contributed by atoms with E-state index < -0.39 is 5.54 Å². The maximum absolute atomic E-state index is 14.5. The van der Waals surface area contributed by atoms with Crippen molar-refractivity contribution in [2.24, 2.45) is 0 Å². The first-order valence-corrected chi connectivity index (χ1v) is 13.5. The number of piperazine rings is 1. The third-order valence-corrected chi connectivity index (χ3v) is 8.43. The molecule has 2 unspecified atom stereocenters. The van der Waals surface area contributed by atoms with Crippen LogP contribution in [0.15, 0.2) is 60.7 Å². The standard InChI is InChI=1S/C32H33N3O6/c1-32-30-28(21-11-6-8-12-23(21)33-30)22(20-10-7-9-13-24(20)38-2)17-35(32)27(36)18-34(31(32)37)16-19-14-25(39-3)29(41-5)26(15-19)40-4/h6-15,22,33H,16-18H2,1-5H3. The molecule has 2 amide bonds. The molecule has 4 aromatic rings. The summed E-state index contributed by atoms with van der Waals surface area (Å²) < 4.78 is 22.2. The van der Waals surface area contributed by atoms with Crippen molar-refractivity contribution in [2.75, 3.05) is 41.5 Å². The second kappa shape index (κ2) is 10.1. The van der Waals surface area contributed by atoms with Gasteiger partial charge in [-0.15, -0.1) is 0 Å². The molecule has 2 aliphatic heterocycles. The number of aromatic amines is 1. The Labute approximate surface area is 238 Å². The number of aromatic nitrogens is 1. The first kappa shape index (κ1) is 26.6. The number of amides is 2. The number of H-pyrrole nitrogens is 1. The van der Waals surface area contributed by atoms with Crippen LogP contribution in [0.5, 0.6) is 23.0 Å². The lowest BCUT2D eigenvalue weighted by Gasteiger charge is -2.51. The zero-order valence-electron chi connectivity index (χ0n) is 23.8. The molecule has 2 atom stereocenters. The molecular weight excluding hydrogens is 522 g/mol. The number of nitrogens with zero attached hydrogens (tertiary/aromatic N) is 2. The summed E-state index contributed by atoms with van der Waals surface area (Å²) in [6, 6.07) is 19.5. The number of hydrogen-bond donors (Lipinski definition) is 1. The minimum absolute atomic E-state index is 0.0424. The molecule has 1 aromatic heterocycles. The van der Waals surface area contributed by atoms with Crippen molar-refractivity contribution in [2.45, 2.75) is 24.9 Å². The predicted octanol–water partition coefficient (Wildman–Crippen LogP) is 4.43. The summed E-state index contributed by atoms with van der Waals surface area (Å²) in [4.78, 5) is 35.3. The maximum atomic E-state index is 14.5. The SMILES string of the molecule is COc1ccccc1C1CN2C(=O)CN(Cc3cc(OC)c(OC)c(OC)c3)C(=O)C2(C)c2[nH]c3ccccc3c21. The third-order valence-electron chi connectivity index (χ3n) is 8.43. The molecule has 1 fully saturated rings. The largest absolute Gasteiger partial charge is 0.496 e. The van der Waals surface area contributed by atoms with Gasteiger partial charge in [0.15, 0.2) is 17.0 Å². The van der Waals surface area contributed by atoms with Crippen LogP contribution >= 0.6 is 0 Å². The Kier molecular flexibility index (Phi) is 6.52. The second-order valence-corrected chi connectivity index (χ2v) is 10.5. The average molecular weight is 556 g/mol. The first-order chi connectivity index (χ1) is 19.8. The van der Waals surface area contributed by atoms with E-state index in [1.165, 1.54) is 0 Å². The van der Waals surface area contributed by atoms with Crippen molar-refractivity contribution in [3.05, 3.63) is 83.0 Å².